The Morgan fingerprint density at radius 2 is 2.00 bits per heavy atom. The van der Waals surface area contributed by atoms with Gasteiger partial charge in [0.05, 0.1) is 18.2 Å². The molecule has 2 amide bonds. The second kappa shape index (κ2) is 9.15. The second-order valence-corrected chi connectivity index (χ2v) is 9.08. The predicted octanol–water partition coefficient (Wildman–Crippen LogP) is 3.20. The highest BCUT2D eigenvalue weighted by atomic mass is 32.1. The summed E-state index contributed by atoms with van der Waals surface area (Å²) in [6.07, 6.45) is 6.44. The summed E-state index contributed by atoms with van der Waals surface area (Å²) in [4.78, 5) is 35.2. The zero-order valence-electron chi connectivity index (χ0n) is 16.8. The molecule has 3 rings (SSSR count). The number of anilines is 1. The van der Waals surface area contributed by atoms with Crippen LogP contribution in [0.2, 0.25) is 0 Å². The second-order valence-electron chi connectivity index (χ2n) is 7.87. The van der Waals surface area contributed by atoms with Crippen molar-refractivity contribution in [3.05, 3.63) is 10.6 Å². The Morgan fingerprint density at radius 3 is 2.70 bits per heavy atom. The van der Waals surface area contributed by atoms with Crippen molar-refractivity contribution in [2.75, 3.05) is 31.5 Å². The van der Waals surface area contributed by atoms with Gasteiger partial charge in [-0.05, 0) is 58.9 Å². The number of likely N-dealkylation sites (tertiary alicyclic amines) is 2. The first-order chi connectivity index (χ1) is 13.0. The van der Waals surface area contributed by atoms with E-state index in [1.165, 1.54) is 17.8 Å². The Kier molecular flexibility index (Phi) is 6.87. The number of nitrogens with one attached hydrogen (secondary N) is 1. The Labute approximate surface area is 166 Å². The number of nitrogens with zero attached hydrogens (tertiary/aromatic N) is 3. The van der Waals surface area contributed by atoms with Gasteiger partial charge in [-0.1, -0.05) is 6.92 Å². The lowest BCUT2D eigenvalue weighted by Gasteiger charge is -2.40. The molecule has 150 valence electrons. The number of aryl methyl sites for hydroxylation is 2. The topological polar surface area (TPSA) is 65.5 Å². The van der Waals surface area contributed by atoms with Gasteiger partial charge in [-0.15, -0.1) is 11.3 Å². The monoisotopic (exact) mass is 392 g/mol. The van der Waals surface area contributed by atoms with E-state index in [4.69, 9.17) is 0 Å². The fraction of sp³-hybridized carbons (Fsp3) is 0.750. The number of rotatable bonds is 5. The van der Waals surface area contributed by atoms with E-state index in [1.807, 2.05) is 13.8 Å². The molecule has 0 spiro atoms. The number of carbonyl (C=O) groups is 2. The molecule has 27 heavy (non-hydrogen) atoms. The highest BCUT2D eigenvalue weighted by molar-refractivity contribution is 7.15. The molecule has 0 bridgehead atoms. The van der Waals surface area contributed by atoms with Gasteiger partial charge in [-0.3, -0.25) is 14.5 Å². The molecule has 0 radical (unpaired) electrons. The third-order valence-corrected chi connectivity index (χ3v) is 6.87. The lowest BCUT2D eigenvalue weighted by atomic mass is 9.93. The smallest absolute Gasteiger partial charge is 0.240 e. The fourth-order valence-electron chi connectivity index (χ4n) is 4.24. The van der Waals surface area contributed by atoms with Crippen LogP contribution in [0.25, 0.3) is 0 Å². The van der Waals surface area contributed by atoms with E-state index in [0.29, 0.717) is 30.2 Å². The molecule has 2 atom stereocenters. The van der Waals surface area contributed by atoms with Gasteiger partial charge >= 0.3 is 0 Å². The molecule has 0 saturated carbocycles. The van der Waals surface area contributed by atoms with Crippen LogP contribution in [0, 0.1) is 19.8 Å². The van der Waals surface area contributed by atoms with Crippen molar-refractivity contribution in [3.63, 3.8) is 0 Å². The molecular weight excluding hydrogens is 360 g/mol. The molecule has 0 aliphatic carbocycles. The fourth-order valence-corrected chi connectivity index (χ4v) is 5.07. The molecule has 0 aromatic carbocycles. The van der Waals surface area contributed by atoms with E-state index in [9.17, 15) is 9.59 Å². The number of thiazole rings is 1. The summed E-state index contributed by atoms with van der Waals surface area (Å²) in [5.74, 6) is 0.294. The van der Waals surface area contributed by atoms with Crippen molar-refractivity contribution >= 4 is 28.3 Å². The summed E-state index contributed by atoms with van der Waals surface area (Å²) < 4.78 is 0. The largest absolute Gasteiger partial charge is 0.339 e. The van der Waals surface area contributed by atoms with Crippen LogP contribution in [0.15, 0.2) is 0 Å². The van der Waals surface area contributed by atoms with Crippen molar-refractivity contribution in [2.45, 2.75) is 65.3 Å². The normalized spacial score (nSPS) is 24.0. The van der Waals surface area contributed by atoms with E-state index in [1.54, 1.807) is 0 Å². The van der Waals surface area contributed by atoms with Crippen molar-refractivity contribution in [3.8, 4) is 0 Å². The lowest BCUT2D eigenvalue weighted by Crippen LogP contribution is -2.50. The first-order valence-electron chi connectivity index (χ1n) is 10.2. The number of piperidine rings is 2. The molecule has 2 aliphatic heterocycles. The first-order valence-corrected chi connectivity index (χ1v) is 11.1. The SMILES string of the molecule is CCC1CCCCN1C(=O)C1CCCN(CC(=O)Nc2nc(C)c(C)s2)C1. The number of hydrogen-bond acceptors (Lipinski definition) is 5. The molecule has 1 aromatic heterocycles. The van der Waals surface area contributed by atoms with E-state index in [2.05, 4.69) is 27.0 Å². The summed E-state index contributed by atoms with van der Waals surface area (Å²) >= 11 is 1.51. The molecular formula is C20H32N4O2S. The highest BCUT2D eigenvalue weighted by Gasteiger charge is 2.33. The maximum absolute atomic E-state index is 13.1. The average Bonchev–Trinajstić information content (AvgIpc) is 2.98. The number of amides is 2. The summed E-state index contributed by atoms with van der Waals surface area (Å²) in [5, 5.41) is 3.57. The van der Waals surface area contributed by atoms with Crippen LogP contribution in [-0.4, -0.2) is 58.8 Å². The van der Waals surface area contributed by atoms with Crippen LogP contribution in [-0.2, 0) is 9.59 Å². The van der Waals surface area contributed by atoms with Gasteiger partial charge in [-0.25, -0.2) is 4.98 Å². The van der Waals surface area contributed by atoms with Gasteiger partial charge < -0.3 is 10.2 Å². The molecule has 1 N–H and O–H groups in total. The van der Waals surface area contributed by atoms with Crippen molar-refractivity contribution < 1.29 is 9.59 Å². The quantitative estimate of drug-likeness (QED) is 0.836. The number of hydrogen-bond donors (Lipinski definition) is 1. The summed E-state index contributed by atoms with van der Waals surface area (Å²) in [7, 11) is 0. The minimum Gasteiger partial charge on any atom is -0.339 e. The molecule has 2 saturated heterocycles. The average molecular weight is 393 g/mol. The minimum absolute atomic E-state index is 0.0306. The van der Waals surface area contributed by atoms with Gasteiger partial charge in [0.2, 0.25) is 11.8 Å². The van der Waals surface area contributed by atoms with Crippen LogP contribution in [0.5, 0.6) is 0 Å². The molecule has 1 aromatic rings. The summed E-state index contributed by atoms with van der Waals surface area (Å²) in [6.45, 7) is 8.94. The van der Waals surface area contributed by atoms with Crippen LogP contribution < -0.4 is 5.32 Å². The molecule has 6 nitrogen and oxygen atoms in total. The minimum atomic E-state index is -0.0405. The molecule has 2 fully saturated rings. The van der Waals surface area contributed by atoms with Gasteiger partial charge in [0.15, 0.2) is 5.13 Å². The zero-order chi connectivity index (χ0) is 19.4. The number of aromatic nitrogens is 1. The lowest BCUT2D eigenvalue weighted by molar-refractivity contribution is -0.141. The van der Waals surface area contributed by atoms with Crippen molar-refractivity contribution in [1.82, 2.24) is 14.8 Å². The Hall–Kier alpha value is -1.47. The van der Waals surface area contributed by atoms with Gasteiger partial charge in [0.1, 0.15) is 0 Å². The predicted molar refractivity (Wildman–Crippen MR) is 109 cm³/mol. The van der Waals surface area contributed by atoms with Gasteiger partial charge in [0, 0.05) is 24.0 Å². The Balaban J connectivity index is 1.54. The maximum Gasteiger partial charge on any atom is 0.240 e. The standard InChI is InChI=1S/C20H32N4O2S/c1-4-17-9-5-6-11-24(17)19(26)16-8-7-10-23(12-16)13-18(25)22-20-21-14(2)15(3)27-20/h16-17H,4-13H2,1-3H3,(H,21,22,25). The Morgan fingerprint density at radius 1 is 1.19 bits per heavy atom. The van der Waals surface area contributed by atoms with Crippen molar-refractivity contribution in [2.24, 2.45) is 5.92 Å². The van der Waals surface area contributed by atoms with E-state index in [-0.39, 0.29) is 11.8 Å². The van der Waals surface area contributed by atoms with Crippen molar-refractivity contribution in [1.29, 1.82) is 0 Å². The van der Waals surface area contributed by atoms with Crippen LogP contribution >= 0.6 is 11.3 Å². The number of carbonyl (C=O) groups excluding carboxylic acids is 2. The van der Waals surface area contributed by atoms with E-state index < -0.39 is 0 Å². The van der Waals surface area contributed by atoms with E-state index in [0.717, 1.165) is 55.8 Å². The molecule has 2 aliphatic rings. The maximum atomic E-state index is 13.1. The summed E-state index contributed by atoms with van der Waals surface area (Å²) in [5.41, 5.74) is 0.964. The zero-order valence-corrected chi connectivity index (χ0v) is 17.6. The van der Waals surface area contributed by atoms with Crippen LogP contribution in [0.3, 0.4) is 0 Å². The van der Waals surface area contributed by atoms with Crippen LogP contribution in [0.1, 0.15) is 56.0 Å². The van der Waals surface area contributed by atoms with E-state index >= 15 is 0 Å². The Bertz CT molecular complexity index is 655. The molecule has 2 unspecified atom stereocenters. The third kappa shape index (κ3) is 5.08. The highest BCUT2D eigenvalue weighted by Crippen LogP contribution is 2.26. The summed E-state index contributed by atoms with van der Waals surface area (Å²) in [6, 6.07) is 0.404. The molecule has 7 heteroatoms. The van der Waals surface area contributed by atoms with Gasteiger partial charge in [0.25, 0.3) is 0 Å². The molecule has 3 heterocycles. The third-order valence-electron chi connectivity index (χ3n) is 5.88. The van der Waals surface area contributed by atoms with Gasteiger partial charge in [-0.2, -0.15) is 0 Å². The van der Waals surface area contributed by atoms with Crippen LogP contribution in [0.4, 0.5) is 5.13 Å². The first kappa shape index (κ1) is 20.3.